The van der Waals surface area contributed by atoms with Crippen molar-refractivity contribution >= 4 is 11.7 Å². The van der Waals surface area contributed by atoms with Gasteiger partial charge in [0.05, 0.1) is 11.8 Å². The average molecular weight is 317 g/mol. The maximum absolute atomic E-state index is 12.1. The highest BCUT2D eigenvalue weighted by Gasteiger charge is 2.22. The summed E-state index contributed by atoms with van der Waals surface area (Å²) in [7, 11) is 0. The lowest BCUT2D eigenvalue weighted by Crippen LogP contribution is -2.43. The molecule has 124 valence electrons. The number of urea groups is 1. The van der Waals surface area contributed by atoms with E-state index < -0.39 is 5.60 Å². The van der Waals surface area contributed by atoms with Crippen molar-refractivity contribution < 1.29 is 14.3 Å². The second-order valence-electron chi connectivity index (χ2n) is 5.61. The molecule has 0 atom stereocenters. The van der Waals surface area contributed by atoms with E-state index in [1.165, 1.54) is 6.26 Å². The van der Waals surface area contributed by atoms with Crippen LogP contribution in [0, 0.1) is 6.92 Å². The first-order valence-electron chi connectivity index (χ1n) is 7.75. The number of nitrogens with zero attached hydrogens (tertiary/aromatic N) is 1. The Morgan fingerprint density at radius 1 is 1.35 bits per heavy atom. The molecular formula is C17H23N3O3. The lowest BCUT2D eigenvalue weighted by atomic mass is 9.98. The van der Waals surface area contributed by atoms with Crippen molar-refractivity contribution in [2.24, 2.45) is 0 Å². The highest BCUT2D eigenvalue weighted by molar-refractivity contribution is 5.90. The van der Waals surface area contributed by atoms with Crippen LogP contribution in [0.15, 0.2) is 35.1 Å². The first-order chi connectivity index (χ1) is 11.0. The number of carbonyl (C=O) groups excluding carboxylic acids is 1. The van der Waals surface area contributed by atoms with E-state index in [9.17, 15) is 9.90 Å². The molecule has 0 saturated carbocycles. The van der Waals surface area contributed by atoms with Crippen LogP contribution in [0.2, 0.25) is 0 Å². The number of rotatable bonds is 6. The molecule has 2 rings (SSSR count). The number of aryl methyl sites for hydroxylation is 1. The molecule has 1 heterocycles. The highest BCUT2D eigenvalue weighted by Crippen LogP contribution is 2.24. The predicted molar refractivity (Wildman–Crippen MR) is 89.2 cm³/mol. The van der Waals surface area contributed by atoms with Gasteiger partial charge in [0.25, 0.3) is 0 Å². The Morgan fingerprint density at radius 3 is 2.70 bits per heavy atom. The van der Waals surface area contributed by atoms with E-state index in [1.807, 2.05) is 39.0 Å². The second-order valence-corrected chi connectivity index (χ2v) is 5.61. The number of hydrogen-bond acceptors (Lipinski definition) is 4. The summed E-state index contributed by atoms with van der Waals surface area (Å²) in [5.74, 6) is 0.500. The molecule has 0 unspecified atom stereocenters. The van der Waals surface area contributed by atoms with Crippen molar-refractivity contribution in [3.8, 4) is 11.5 Å². The third-order valence-corrected chi connectivity index (χ3v) is 4.06. The normalized spacial score (nSPS) is 11.3. The van der Waals surface area contributed by atoms with Gasteiger partial charge in [0.2, 0.25) is 5.89 Å². The van der Waals surface area contributed by atoms with Gasteiger partial charge in [-0.25, -0.2) is 9.78 Å². The van der Waals surface area contributed by atoms with Gasteiger partial charge in [-0.2, -0.15) is 0 Å². The Morgan fingerprint density at radius 2 is 2.09 bits per heavy atom. The van der Waals surface area contributed by atoms with E-state index in [2.05, 4.69) is 15.6 Å². The summed E-state index contributed by atoms with van der Waals surface area (Å²) < 4.78 is 5.27. The summed E-state index contributed by atoms with van der Waals surface area (Å²) in [5, 5.41) is 15.7. The Labute approximate surface area is 135 Å². The molecule has 3 N–H and O–H groups in total. The number of aliphatic hydroxyl groups is 1. The molecule has 0 aliphatic rings. The first kappa shape index (κ1) is 17.0. The van der Waals surface area contributed by atoms with Crippen molar-refractivity contribution in [2.75, 3.05) is 11.9 Å². The zero-order chi connectivity index (χ0) is 16.9. The van der Waals surface area contributed by atoms with Crippen LogP contribution in [0.1, 0.15) is 32.3 Å². The fraction of sp³-hybridized carbons (Fsp3) is 0.412. The molecular weight excluding hydrogens is 294 g/mol. The number of oxazole rings is 1. The molecule has 0 fully saturated rings. The molecule has 0 aliphatic heterocycles. The maximum Gasteiger partial charge on any atom is 0.319 e. The summed E-state index contributed by atoms with van der Waals surface area (Å²) in [5.41, 5.74) is 1.52. The highest BCUT2D eigenvalue weighted by atomic mass is 16.3. The summed E-state index contributed by atoms with van der Waals surface area (Å²) in [6.07, 6.45) is 4.25. The number of anilines is 1. The quantitative estimate of drug-likeness (QED) is 0.762. The van der Waals surface area contributed by atoms with E-state index in [-0.39, 0.29) is 12.6 Å². The largest absolute Gasteiger partial charge is 0.445 e. The third-order valence-electron chi connectivity index (χ3n) is 4.06. The van der Waals surface area contributed by atoms with Crippen molar-refractivity contribution in [1.82, 2.24) is 10.3 Å². The van der Waals surface area contributed by atoms with Crippen molar-refractivity contribution in [2.45, 2.75) is 39.2 Å². The number of benzene rings is 1. The topological polar surface area (TPSA) is 87.4 Å². The van der Waals surface area contributed by atoms with Gasteiger partial charge in [0.15, 0.2) is 0 Å². The van der Waals surface area contributed by atoms with E-state index in [1.54, 1.807) is 6.20 Å². The average Bonchev–Trinajstić information content (AvgIpc) is 3.09. The minimum Gasteiger partial charge on any atom is -0.445 e. The fourth-order valence-corrected chi connectivity index (χ4v) is 2.17. The Kier molecular flexibility index (Phi) is 5.39. The third kappa shape index (κ3) is 4.32. The Bertz CT molecular complexity index is 649. The van der Waals surface area contributed by atoms with Crippen molar-refractivity contribution in [3.05, 3.63) is 36.2 Å². The minimum absolute atomic E-state index is 0.213. The summed E-state index contributed by atoms with van der Waals surface area (Å²) >= 11 is 0. The van der Waals surface area contributed by atoms with Crippen LogP contribution in [0.4, 0.5) is 10.5 Å². The molecule has 1 aromatic heterocycles. The standard InChI is InChI=1S/C17H23N3O3/c1-4-17(22,5-2)11-19-16(21)20-14-10-13(7-6-12(14)3)15-18-8-9-23-15/h6-10,22H,4-5,11H2,1-3H3,(H2,19,20,21). The van der Waals surface area contributed by atoms with Gasteiger partial charge in [0.1, 0.15) is 6.26 Å². The minimum atomic E-state index is -0.869. The van der Waals surface area contributed by atoms with E-state index >= 15 is 0 Å². The van der Waals surface area contributed by atoms with Crippen LogP contribution >= 0.6 is 0 Å². The van der Waals surface area contributed by atoms with E-state index in [4.69, 9.17) is 4.42 Å². The van der Waals surface area contributed by atoms with Gasteiger partial charge in [-0.1, -0.05) is 19.9 Å². The van der Waals surface area contributed by atoms with Crippen LogP contribution in [-0.2, 0) is 0 Å². The molecule has 2 aromatic rings. The van der Waals surface area contributed by atoms with E-state index in [0.29, 0.717) is 24.4 Å². The molecule has 23 heavy (non-hydrogen) atoms. The molecule has 0 aliphatic carbocycles. The molecule has 0 spiro atoms. The second kappa shape index (κ2) is 7.28. The number of aromatic nitrogens is 1. The smallest absolute Gasteiger partial charge is 0.319 e. The fourth-order valence-electron chi connectivity index (χ4n) is 2.17. The Hall–Kier alpha value is -2.34. The monoisotopic (exact) mass is 317 g/mol. The zero-order valence-electron chi connectivity index (χ0n) is 13.7. The lowest BCUT2D eigenvalue weighted by molar-refractivity contribution is 0.0354. The zero-order valence-corrected chi connectivity index (χ0v) is 13.7. The number of carbonyl (C=O) groups is 1. The van der Waals surface area contributed by atoms with E-state index in [0.717, 1.165) is 11.1 Å². The van der Waals surface area contributed by atoms with Gasteiger partial charge in [-0.3, -0.25) is 0 Å². The predicted octanol–water partition coefficient (Wildman–Crippen LogP) is 3.32. The molecule has 1 aromatic carbocycles. The molecule has 0 radical (unpaired) electrons. The Balaban J connectivity index is 2.05. The van der Waals surface area contributed by atoms with Crippen LogP contribution in [0.25, 0.3) is 11.5 Å². The SMILES string of the molecule is CCC(O)(CC)CNC(=O)Nc1cc(-c2ncco2)ccc1C. The molecule has 6 nitrogen and oxygen atoms in total. The van der Waals surface area contributed by atoms with Crippen LogP contribution in [0.3, 0.4) is 0 Å². The first-order valence-corrected chi connectivity index (χ1v) is 7.75. The van der Waals surface area contributed by atoms with Gasteiger partial charge in [-0.05, 0) is 37.5 Å². The van der Waals surface area contributed by atoms with Gasteiger partial charge >= 0.3 is 6.03 Å². The lowest BCUT2D eigenvalue weighted by Gasteiger charge is -2.25. The summed E-state index contributed by atoms with van der Waals surface area (Å²) in [6, 6.07) is 5.24. The summed E-state index contributed by atoms with van der Waals surface area (Å²) in [4.78, 5) is 16.2. The van der Waals surface area contributed by atoms with Crippen LogP contribution in [-0.4, -0.2) is 28.3 Å². The number of amides is 2. The van der Waals surface area contributed by atoms with Gasteiger partial charge in [0, 0.05) is 17.8 Å². The van der Waals surface area contributed by atoms with Crippen LogP contribution in [0.5, 0.6) is 0 Å². The van der Waals surface area contributed by atoms with Gasteiger partial charge < -0.3 is 20.2 Å². The van der Waals surface area contributed by atoms with Crippen molar-refractivity contribution in [3.63, 3.8) is 0 Å². The molecule has 0 saturated heterocycles. The molecule has 2 amide bonds. The number of hydrogen-bond donors (Lipinski definition) is 3. The summed E-state index contributed by atoms with van der Waals surface area (Å²) in [6.45, 7) is 5.91. The maximum atomic E-state index is 12.1. The van der Waals surface area contributed by atoms with Crippen molar-refractivity contribution in [1.29, 1.82) is 0 Å². The van der Waals surface area contributed by atoms with Gasteiger partial charge in [-0.15, -0.1) is 0 Å². The number of nitrogens with one attached hydrogen (secondary N) is 2. The van der Waals surface area contributed by atoms with Crippen LogP contribution < -0.4 is 10.6 Å². The molecule has 6 heteroatoms. The molecule has 0 bridgehead atoms.